The van der Waals surface area contributed by atoms with Crippen molar-refractivity contribution in [1.82, 2.24) is 20.1 Å². The van der Waals surface area contributed by atoms with Gasteiger partial charge in [0.2, 0.25) is 5.96 Å². The van der Waals surface area contributed by atoms with Crippen LogP contribution < -0.4 is 5.32 Å². The summed E-state index contributed by atoms with van der Waals surface area (Å²) in [5.74, 6) is -0.311. The third-order valence-corrected chi connectivity index (χ3v) is 1.45. The zero-order chi connectivity index (χ0) is 13.8. The number of amides is 2. The highest BCUT2D eigenvalue weighted by Gasteiger charge is 2.17. The number of aliphatic imine (C=N–C) groups is 1. The SMILES string of the molecule is CC(C)(C)OC(=O)N=C(NC(=O)O)n1cncn1. The normalized spacial score (nSPS) is 12.1. The first kappa shape index (κ1) is 13.6. The molecule has 0 unspecified atom stereocenters. The molecule has 0 atom stereocenters. The maximum Gasteiger partial charge on any atom is 0.437 e. The van der Waals surface area contributed by atoms with Crippen LogP contribution in [0.15, 0.2) is 17.6 Å². The Morgan fingerprint density at radius 1 is 1.44 bits per heavy atom. The second kappa shape index (κ2) is 5.25. The lowest BCUT2D eigenvalue weighted by molar-refractivity contribution is 0.0603. The number of carboxylic acid groups (broad SMARTS) is 1. The molecule has 0 saturated carbocycles. The van der Waals surface area contributed by atoms with Crippen molar-refractivity contribution in [3.05, 3.63) is 12.7 Å². The summed E-state index contributed by atoms with van der Waals surface area (Å²) in [7, 11) is 0. The predicted octanol–water partition coefficient (Wildman–Crippen LogP) is 0.685. The van der Waals surface area contributed by atoms with Gasteiger partial charge in [0.15, 0.2) is 0 Å². The number of carbonyl (C=O) groups excluding carboxylic acids is 1. The summed E-state index contributed by atoms with van der Waals surface area (Å²) in [5.41, 5.74) is -0.725. The van der Waals surface area contributed by atoms with E-state index in [4.69, 9.17) is 9.84 Å². The van der Waals surface area contributed by atoms with Crippen LogP contribution in [0.25, 0.3) is 0 Å². The number of ether oxygens (including phenoxy) is 1. The highest BCUT2D eigenvalue weighted by atomic mass is 16.6. The fourth-order valence-electron chi connectivity index (χ4n) is 0.921. The van der Waals surface area contributed by atoms with Gasteiger partial charge in [-0.15, -0.1) is 4.99 Å². The lowest BCUT2D eigenvalue weighted by Gasteiger charge is -2.17. The molecule has 0 aliphatic rings. The number of nitrogens with zero attached hydrogens (tertiary/aromatic N) is 4. The minimum atomic E-state index is -1.38. The summed E-state index contributed by atoms with van der Waals surface area (Å²) < 4.78 is 5.92. The Hall–Kier alpha value is -2.45. The van der Waals surface area contributed by atoms with E-state index in [1.54, 1.807) is 20.8 Å². The van der Waals surface area contributed by atoms with Gasteiger partial charge in [0.1, 0.15) is 18.3 Å². The zero-order valence-corrected chi connectivity index (χ0v) is 10.1. The van der Waals surface area contributed by atoms with E-state index in [1.165, 1.54) is 12.7 Å². The maximum absolute atomic E-state index is 11.4. The molecule has 2 amide bonds. The van der Waals surface area contributed by atoms with Crippen LogP contribution in [0, 0.1) is 0 Å². The molecular weight excluding hydrogens is 242 g/mol. The molecule has 9 nitrogen and oxygen atoms in total. The molecule has 0 aromatic carbocycles. The van der Waals surface area contributed by atoms with Gasteiger partial charge >= 0.3 is 12.2 Å². The first-order valence-corrected chi connectivity index (χ1v) is 4.94. The first-order valence-electron chi connectivity index (χ1n) is 4.94. The van der Waals surface area contributed by atoms with Crippen molar-refractivity contribution in [2.45, 2.75) is 26.4 Å². The van der Waals surface area contributed by atoms with Crippen molar-refractivity contribution >= 4 is 18.1 Å². The van der Waals surface area contributed by atoms with Gasteiger partial charge in [-0.2, -0.15) is 9.78 Å². The van der Waals surface area contributed by atoms with Gasteiger partial charge in [0, 0.05) is 0 Å². The standard InChI is InChI=1S/C9H13N5O4/c1-9(2,3)18-8(17)13-6(12-7(15)16)14-5-10-4-11-14/h4-5H,1-3H3,(H,15,16)(H,12,13,17). The van der Waals surface area contributed by atoms with Crippen molar-refractivity contribution in [3.63, 3.8) is 0 Å². The van der Waals surface area contributed by atoms with Crippen molar-refractivity contribution in [2.24, 2.45) is 4.99 Å². The van der Waals surface area contributed by atoms with Crippen LogP contribution in [-0.2, 0) is 4.74 Å². The average Bonchev–Trinajstić information content (AvgIpc) is 2.64. The van der Waals surface area contributed by atoms with Gasteiger partial charge in [0.05, 0.1) is 0 Å². The van der Waals surface area contributed by atoms with Gasteiger partial charge in [-0.3, -0.25) is 5.32 Å². The summed E-state index contributed by atoms with van der Waals surface area (Å²) in [6.45, 7) is 5.00. The van der Waals surface area contributed by atoms with Crippen molar-refractivity contribution in [2.75, 3.05) is 0 Å². The molecule has 0 aliphatic carbocycles. The quantitative estimate of drug-likeness (QED) is 0.520. The van der Waals surface area contributed by atoms with E-state index < -0.39 is 17.8 Å². The van der Waals surface area contributed by atoms with Crippen LogP contribution >= 0.6 is 0 Å². The van der Waals surface area contributed by atoms with Crippen LogP contribution in [0.4, 0.5) is 9.59 Å². The number of rotatable bonds is 0. The minimum absolute atomic E-state index is 0.311. The molecule has 0 bridgehead atoms. The van der Waals surface area contributed by atoms with Crippen LogP contribution in [0.2, 0.25) is 0 Å². The number of hydrogen-bond acceptors (Lipinski definition) is 5. The zero-order valence-electron chi connectivity index (χ0n) is 10.1. The first-order chi connectivity index (χ1) is 8.28. The van der Waals surface area contributed by atoms with Crippen molar-refractivity contribution in [3.8, 4) is 0 Å². The second-order valence-electron chi connectivity index (χ2n) is 4.19. The largest absolute Gasteiger partial charge is 0.465 e. The Kier molecular flexibility index (Phi) is 3.97. The fourth-order valence-corrected chi connectivity index (χ4v) is 0.921. The average molecular weight is 255 g/mol. The maximum atomic E-state index is 11.4. The van der Waals surface area contributed by atoms with E-state index in [2.05, 4.69) is 15.1 Å². The molecule has 0 saturated heterocycles. The van der Waals surface area contributed by atoms with E-state index in [-0.39, 0.29) is 5.96 Å². The molecule has 1 heterocycles. The molecule has 0 aliphatic heterocycles. The molecule has 98 valence electrons. The summed E-state index contributed by atoms with van der Waals surface area (Å²) in [6, 6.07) is 0. The van der Waals surface area contributed by atoms with Crippen LogP contribution in [0.5, 0.6) is 0 Å². The van der Waals surface area contributed by atoms with Gasteiger partial charge in [-0.25, -0.2) is 14.6 Å². The van der Waals surface area contributed by atoms with E-state index in [9.17, 15) is 9.59 Å². The molecule has 1 aromatic heterocycles. The molecule has 0 radical (unpaired) electrons. The molecule has 1 aromatic rings. The highest BCUT2D eigenvalue weighted by Crippen LogP contribution is 2.07. The molecular formula is C9H13N5O4. The van der Waals surface area contributed by atoms with E-state index in [0.29, 0.717) is 0 Å². The Bertz CT molecular complexity index is 460. The monoisotopic (exact) mass is 255 g/mol. The fraction of sp³-hybridized carbons (Fsp3) is 0.444. The third-order valence-electron chi connectivity index (χ3n) is 1.45. The molecule has 1 rings (SSSR count). The lowest BCUT2D eigenvalue weighted by atomic mass is 10.2. The topological polar surface area (TPSA) is 119 Å². The van der Waals surface area contributed by atoms with Crippen molar-refractivity contribution < 1.29 is 19.4 Å². The summed E-state index contributed by atoms with van der Waals surface area (Å²) in [4.78, 5) is 29.1. The van der Waals surface area contributed by atoms with Gasteiger partial charge in [0.25, 0.3) is 0 Å². The smallest absolute Gasteiger partial charge is 0.437 e. The minimum Gasteiger partial charge on any atom is -0.465 e. The highest BCUT2D eigenvalue weighted by molar-refractivity contribution is 5.98. The lowest BCUT2D eigenvalue weighted by Crippen LogP contribution is -2.36. The van der Waals surface area contributed by atoms with Crippen LogP contribution in [0.3, 0.4) is 0 Å². The Labute approximate surface area is 102 Å². The number of aromatic nitrogens is 3. The van der Waals surface area contributed by atoms with Gasteiger partial charge in [-0.1, -0.05) is 0 Å². The third kappa shape index (κ3) is 4.60. The van der Waals surface area contributed by atoms with Crippen molar-refractivity contribution in [1.29, 1.82) is 0 Å². The Morgan fingerprint density at radius 2 is 2.11 bits per heavy atom. The number of hydrogen-bond donors (Lipinski definition) is 2. The predicted molar refractivity (Wildman–Crippen MR) is 60.2 cm³/mol. The second-order valence-corrected chi connectivity index (χ2v) is 4.19. The number of nitrogens with one attached hydrogen (secondary N) is 1. The van der Waals surface area contributed by atoms with Gasteiger partial charge in [-0.05, 0) is 20.8 Å². The summed E-state index contributed by atoms with van der Waals surface area (Å²) >= 11 is 0. The number of carbonyl (C=O) groups is 2. The Morgan fingerprint density at radius 3 is 2.56 bits per heavy atom. The van der Waals surface area contributed by atoms with E-state index in [1.807, 2.05) is 5.32 Å². The molecule has 18 heavy (non-hydrogen) atoms. The van der Waals surface area contributed by atoms with Crippen LogP contribution in [0.1, 0.15) is 20.8 Å². The summed E-state index contributed by atoms with van der Waals surface area (Å²) in [6.07, 6.45) is 0.0577. The van der Waals surface area contributed by atoms with E-state index >= 15 is 0 Å². The Balaban J connectivity index is 2.90. The molecule has 0 fully saturated rings. The van der Waals surface area contributed by atoms with Gasteiger partial charge < -0.3 is 9.84 Å². The molecule has 9 heteroatoms. The summed E-state index contributed by atoms with van der Waals surface area (Å²) in [5, 5.41) is 14.2. The molecule has 2 N–H and O–H groups in total. The molecule has 0 spiro atoms. The van der Waals surface area contributed by atoms with Crippen LogP contribution in [-0.4, -0.2) is 43.6 Å². The van der Waals surface area contributed by atoms with E-state index in [0.717, 1.165) is 4.68 Å².